The molecule has 0 saturated heterocycles. The third-order valence-electron chi connectivity index (χ3n) is 3.38. The lowest BCUT2D eigenvalue weighted by Crippen LogP contribution is -2.38. The van der Waals surface area contributed by atoms with Crippen molar-refractivity contribution < 1.29 is 19.1 Å². The van der Waals surface area contributed by atoms with Crippen molar-refractivity contribution in [2.75, 3.05) is 0 Å². The molecule has 0 aromatic carbocycles. The highest BCUT2D eigenvalue weighted by Gasteiger charge is 2.26. The molecule has 0 spiro atoms. The van der Waals surface area contributed by atoms with E-state index < -0.39 is 11.8 Å². The Morgan fingerprint density at radius 3 is 2.53 bits per heavy atom. The molecule has 0 atom stereocenters. The Morgan fingerprint density at radius 1 is 1.26 bits per heavy atom. The molecule has 6 heteroatoms. The van der Waals surface area contributed by atoms with Gasteiger partial charge in [-0.25, -0.2) is 4.39 Å². The lowest BCUT2D eigenvalue weighted by Gasteiger charge is -2.26. The van der Waals surface area contributed by atoms with Crippen LogP contribution in [0.4, 0.5) is 4.39 Å². The molecule has 0 aliphatic heterocycles. The number of carbonyl (C=O) groups excluding carboxylic acids is 1. The Labute approximate surface area is 109 Å². The van der Waals surface area contributed by atoms with Gasteiger partial charge in [0.05, 0.1) is 17.7 Å². The largest absolute Gasteiger partial charge is 0.481 e. The van der Waals surface area contributed by atoms with Crippen LogP contribution in [0.2, 0.25) is 0 Å². The van der Waals surface area contributed by atoms with Crippen molar-refractivity contribution in [1.82, 2.24) is 10.3 Å². The van der Waals surface area contributed by atoms with Gasteiger partial charge < -0.3 is 10.4 Å². The second-order valence-electron chi connectivity index (χ2n) is 4.75. The van der Waals surface area contributed by atoms with Gasteiger partial charge in [-0.15, -0.1) is 0 Å². The predicted octanol–water partition coefficient (Wildman–Crippen LogP) is 1.59. The van der Waals surface area contributed by atoms with E-state index in [1.54, 1.807) is 0 Å². The Morgan fingerprint density at radius 2 is 1.95 bits per heavy atom. The van der Waals surface area contributed by atoms with Crippen LogP contribution in [0.5, 0.6) is 0 Å². The summed E-state index contributed by atoms with van der Waals surface area (Å²) in [5.74, 6) is -2.02. The number of carboxylic acid groups (broad SMARTS) is 1. The maximum Gasteiger partial charge on any atom is 0.306 e. The average molecular weight is 266 g/mol. The molecule has 1 aliphatic carbocycles. The summed E-state index contributed by atoms with van der Waals surface area (Å²) < 4.78 is 12.9. The van der Waals surface area contributed by atoms with E-state index in [0.29, 0.717) is 25.7 Å². The molecule has 1 aromatic heterocycles. The zero-order chi connectivity index (χ0) is 13.8. The number of rotatable bonds is 3. The molecule has 1 aromatic rings. The molecular formula is C13H15FN2O3. The van der Waals surface area contributed by atoms with Gasteiger partial charge in [-0.2, -0.15) is 0 Å². The highest BCUT2D eigenvalue weighted by molar-refractivity contribution is 5.94. The lowest BCUT2D eigenvalue weighted by molar-refractivity contribution is -0.142. The van der Waals surface area contributed by atoms with Gasteiger partial charge in [0.15, 0.2) is 0 Å². The maximum atomic E-state index is 12.9. The van der Waals surface area contributed by atoms with Gasteiger partial charge in [-0.3, -0.25) is 14.6 Å². The number of amides is 1. The SMILES string of the molecule is O=C(NC1CCC(C(=O)O)CC1)c1cncc(F)c1. The smallest absolute Gasteiger partial charge is 0.306 e. The topological polar surface area (TPSA) is 79.3 Å². The van der Waals surface area contributed by atoms with Crippen LogP contribution in [-0.2, 0) is 4.79 Å². The Kier molecular flexibility index (Phi) is 4.09. The third-order valence-corrected chi connectivity index (χ3v) is 3.38. The fourth-order valence-corrected chi connectivity index (χ4v) is 2.29. The normalized spacial score (nSPS) is 22.8. The van der Waals surface area contributed by atoms with Gasteiger partial charge >= 0.3 is 5.97 Å². The van der Waals surface area contributed by atoms with Gasteiger partial charge in [0.2, 0.25) is 0 Å². The fourth-order valence-electron chi connectivity index (χ4n) is 2.29. The Hall–Kier alpha value is -1.98. The first-order valence-corrected chi connectivity index (χ1v) is 6.20. The highest BCUT2D eigenvalue weighted by atomic mass is 19.1. The van der Waals surface area contributed by atoms with Crippen LogP contribution in [0.25, 0.3) is 0 Å². The molecule has 1 heterocycles. The molecule has 1 amide bonds. The highest BCUT2D eigenvalue weighted by Crippen LogP contribution is 2.24. The van der Waals surface area contributed by atoms with E-state index in [-0.39, 0.29) is 23.4 Å². The van der Waals surface area contributed by atoms with E-state index in [4.69, 9.17) is 5.11 Å². The molecule has 0 unspecified atom stereocenters. The van der Waals surface area contributed by atoms with Crippen LogP contribution in [0, 0.1) is 11.7 Å². The number of aliphatic carboxylic acids is 1. The summed E-state index contributed by atoms with van der Waals surface area (Å²) >= 11 is 0. The van der Waals surface area contributed by atoms with Crippen molar-refractivity contribution in [3.8, 4) is 0 Å². The minimum absolute atomic E-state index is 0.0497. The van der Waals surface area contributed by atoms with Crippen molar-refractivity contribution >= 4 is 11.9 Å². The zero-order valence-electron chi connectivity index (χ0n) is 10.3. The van der Waals surface area contributed by atoms with Gasteiger partial charge in [-0.05, 0) is 31.7 Å². The number of halogens is 1. The standard InChI is InChI=1S/C13H15FN2O3/c14-10-5-9(6-15-7-10)12(17)16-11-3-1-8(2-4-11)13(18)19/h5-8,11H,1-4H2,(H,16,17)(H,18,19). The second-order valence-corrected chi connectivity index (χ2v) is 4.75. The summed E-state index contributed by atoms with van der Waals surface area (Å²) in [5.41, 5.74) is 0.181. The quantitative estimate of drug-likeness (QED) is 0.870. The van der Waals surface area contributed by atoms with Crippen molar-refractivity contribution in [1.29, 1.82) is 0 Å². The maximum absolute atomic E-state index is 12.9. The first-order chi connectivity index (χ1) is 9.06. The number of hydrogen-bond donors (Lipinski definition) is 2. The average Bonchev–Trinajstić information content (AvgIpc) is 2.39. The first kappa shape index (κ1) is 13.5. The molecule has 0 bridgehead atoms. The minimum Gasteiger partial charge on any atom is -0.481 e. The molecular weight excluding hydrogens is 251 g/mol. The molecule has 5 nitrogen and oxygen atoms in total. The monoisotopic (exact) mass is 266 g/mol. The third kappa shape index (κ3) is 3.49. The Balaban J connectivity index is 1.89. The van der Waals surface area contributed by atoms with E-state index in [0.717, 1.165) is 12.3 Å². The van der Waals surface area contributed by atoms with E-state index in [1.165, 1.54) is 6.20 Å². The molecule has 102 valence electrons. The van der Waals surface area contributed by atoms with E-state index >= 15 is 0 Å². The number of hydrogen-bond acceptors (Lipinski definition) is 3. The molecule has 19 heavy (non-hydrogen) atoms. The predicted molar refractivity (Wildman–Crippen MR) is 65.0 cm³/mol. The van der Waals surface area contributed by atoms with Gasteiger partial charge in [-0.1, -0.05) is 0 Å². The molecule has 1 fully saturated rings. The van der Waals surface area contributed by atoms with E-state index in [9.17, 15) is 14.0 Å². The zero-order valence-corrected chi connectivity index (χ0v) is 10.3. The minimum atomic E-state index is -0.779. The van der Waals surface area contributed by atoms with Crippen molar-refractivity contribution in [3.05, 3.63) is 29.8 Å². The molecule has 1 saturated carbocycles. The van der Waals surface area contributed by atoms with Crippen LogP contribution >= 0.6 is 0 Å². The Bertz CT molecular complexity index is 485. The van der Waals surface area contributed by atoms with Crippen LogP contribution in [0.3, 0.4) is 0 Å². The van der Waals surface area contributed by atoms with Crippen LogP contribution in [-0.4, -0.2) is 28.0 Å². The van der Waals surface area contributed by atoms with Crippen molar-refractivity contribution in [2.45, 2.75) is 31.7 Å². The summed E-state index contributed by atoms with van der Waals surface area (Å²) in [5, 5.41) is 11.7. The first-order valence-electron chi connectivity index (χ1n) is 6.20. The summed E-state index contributed by atoms with van der Waals surface area (Å²) in [6, 6.07) is 1.08. The van der Waals surface area contributed by atoms with Crippen molar-refractivity contribution in [3.63, 3.8) is 0 Å². The van der Waals surface area contributed by atoms with Gasteiger partial charge in [0.25, 0.3) is 5.91 Å². The number of carbonyl (C=O) groups is 2. The molecule has 2 rings (SSSR count). The summed E-state index contributed by atoms with van der Waals surface area (Å²) in [6.45, 7) is 0. The van der Waals surface area contributed by atoms with Crippen LogP contribution in [0.1, 0.15) is 36.0 Å². The number of nitrogens with zero attached hydrogens (tertiary/aromatic N) is 1. The fraction of sp³-hybridized carbons (Fsp3) is 0.462. The number of carboxylic acids is 1. The summed E-state index contributed by atoms with van der Waals surface area (Å²) in [4.78, 5) is 26.3. The summed E-state index contributed by atoms with van der Waals surface area (Å²) in [6.07, 6.45) is 4.72. The molecule has 0 radical (unpaired) electrons. The molecule has 2 N–H and O–H groups in total. The van der Waals surface area contributed by atoms with Crippen LogP contribution in [0.15, 0.2) is 18.5 Å². The number of pyridine rings is 1. The van der Waals surface area contributed by atoms with Crippen LogP contribution < -0.4 is 5.32 Å². The number of aromatic nitrogens is 1. The van der Waals surface area contributed by atoms with Crippen molar-refractivity contribution in [2.24, 2.45) is 5.92 Å². The van der Waals surface area contributed by atoms with E-state index in [2.05, 4.69) is 10.3 Å². The number of nitrogens with one attached hydrogen (secondary N) is 1. The van der Waals surface area contributed by atoms with E-state index in [1.807, 2.05) is 0 Å². The molecule has 1 aliphatic rings. The second kappa shape index (κ2) is 5.77. The van der Waals surface area contributed by atoms with Gasteiger partial charge in [0, 0.05) is 12.2 Å². The lowest BCUT2D eigenvalue weighted by atomic mass is 9.86. The summed E-state index contributed by atoms with van der Waals surface area (Å²) in [7, 11) is 0. The van der Waals surface area contributed by atoms with Gasteiger partial charge in [0.1, 0.15) is 5.82 Å².